The number of fused-ring (bicyclic) bond motifs is 1. The van der Waals surface area contributed by atoms with Gasteiger partial charge in [0.1, 0.15) is 15.4 Å². The van der Waals surface area contributed by atoms with E-state index in [0.29, 0.717) is 22.8 Å². The Morgan fingerprint density at radius 2 is 2.04 bits per heavy atom. The summed E-state index contributed by atoms with van der Waals surface area (Å²) in [5, 5.41) is 5.85. The SMILES string of the molecule is CC(C)(C)OC(=O)N1CCC(n2nc(Br)c3c(Cl)nccc32)CC1. The topological polar surface area (TPSA) is 60.2 Å². The Morgan fingerprint density at radius 1 is 1.38 bits per heavy atom. The zero-order valence-corrected chi connectivity index (χ0v) is 16.3. The van der Waals surface area contributed by atoms with E-state index in [1.54, 1.807) is 11.1 Å². The van der Waals surface area contributed by atoms with Crippen molar-refractivity contribution in [1.82, 2.24) is 19.7 Å². The Bertz CT molecular complexity index is 763. The predicted octanol–water partition coefficient (Wildman–Crippen LogP) is 4.42. The van der Waals surface area contributed by atoms with Crippen molar-refractivity contribution in [2.24, 2.45) is 0 Å². The van der Waals surface area contributed by atoms with Crippen molar-refractivity contribution < 1.29 is 9.53 Å². The largest absolute Gasteiger partial charge is 0.444 e. The van der Waals surface area contributed by atoms with Gasteiger partial charge in [0.25, 0.3) is 0 Å². The molecule has 2 aromatic rings. The number of hydrogen-bond acceptors (Lipinski definition) is 4. The number of carbonyl (C=O) groups excluding carboxylic acids is 1. The minimum absolute atomic E-state index is 0.218. The van der Waals surface area contributed by atoms with E-state index < -0.39 is 5.60 Å². The van der Waals surface area contributed by atoms with E-state index >= 15 is 0 Å². The monoisotopic (exact) mass is 414 g/mol. The summed E-state index contributed by atoms with van der Waals surface area (Å²) < 4.78 is 8.12. The Hall–Kier alpha value is -1.34. The zero-order valence-electron chi connectivity index (χ0n) is 13.9. The van der Waals surface area contributed by atoms with Crippen LogP contribution in [0.1, 0.15) is 39.7 Å². The molecule has 1 aliphatic heterocycles. The molecule has 3 rings (SSSR count). The Balaban J connectivity index is 1.74. The fraction of sp³-hybridized carbons (Fsp3) is 0.562. The molecule has 1 amide bonds. The molecule has 1 fully saturated rings. The quantitative estimate of drug-likeness (QED) is 0.647. The highest BCUT2D eigenvalue weighted by atomic mass is 79.9. The summed E-state index contributed by atoms with van der Waals surface area (Å²) in [4.78, 5) is 18.0. The van der Waals surface area contributed by atoms with Crippen LogP contribution in [-0.4, -0.2) is 44.4 Å². The zero-order chi connectivity index (χ0) is 17.5. The first-order valence-corrected chi connectivity index (χ1v) is 9.09. The van der Waals surface area contributed by atoms with Gasteiger partial charge in [-0.25, -0.2) is 9.78 Å². The number of carbonyl (C=O) groups is 1. The fourth-order valence-corrected chi connectivity index (χ4v) is 3.82. The summed E-state index contributed by atoms with van der Waals surface area (Å²) in [6.45, 7) is 6.93. The Morgan fingerprint density at radius 3 is 2.67 bits per heavy atom. The van der Waals surface area contributed by atoms with Gasteiger partial charge in [-0.05, 0) is 55.6 Å². The molecule has 0 N–H and O–H groups in total. The highest BCUT2D eigenvalue weighted by Gasteiger charge is 2.29. The average molecular weight is 416 g/mol. The van der Waals surface area contributed by atoms with Gasteiger partial charge in [-0.1, -0.05) is 11.6 Å². The second-order valence-corrected chi connectivity index (χ2v) is 8.04. The molecule has 1 saturated heterocycles. The second-order valence-electron chi connectivity index (χ2n) is 6.93. The van der Waals surface area contributed by atoms with Gasteiger partial charge >= 0.3 is 6.09 Å². The van der Waals surface area contributed by atoms with Crippen LogP contribution in [0.5, 0.6) is 0 Å². The Labute approximate surface area is 154 Å². The van der Waals surface area contributed by atoms with E-state index in [0.717, 1.165) is 23.7 Å². The number of pyridine rings is 1. The number of likely N-dealkylation sites (tertiary alicyclic amines) is 1. The maximum Gasteiger partial charge on any atom is 0.410 e. The lowest BCUT2D eigenvalue weighted by molar-refractivity contribution is 0.0186. The third-order valence-electron chi connectivity index (χ3n) is 3.99. The van der Waals surface area contributed by atoms with E-state index in [4.69, 9.17) is 16.3 Å². The Kier molecular flexibility index (Phi) is 4.75. The molecule has 130 valence electrons. The maximum absolute atomic E-state index is 12.2. The van der Waals surface area contributed by atoms with E-state index in [2.05, 4.69) is 26.0 Å². The number of piperidine rings is 1. The first-order valence-electron chi connectivity index (χ1n) is 7.92. The molecular weight excluding hydrogens is 396 g/mol. The van der Waals surface area contributed by atoms with E-state index in [-0.39, 0.29) is 12.1 Å². The number of aromatic nitrogens is 3. The number of amides is 1. The first kappa shape index (κ1) is 17.5. The van der Waals surface area contributed by atoms with Crippen LogP contribution in [0.4, 0.5) is 4.79 Å². The molecule has 0 aliphatic carbocycles. The molecule has 0 aromatic carbocycles. The van der Waals surface area contributed by atoms with Crippen LogP contribution in [0.15, 0.2) is 16.9 Å². The number of rotatable bonds is 1. The smallest absolute Gasteiger partial charge is 0.410 e. The summed E-state index contributed by atoms with van der Waals surface area (Å²) in [5.41, 5.74) is 0.485. The van der Waals surface area contributed by atoms with Crippen LogP contribution >= 0.6 is 27.5 Å². The molecule has 2 aromatic heterocycles. The molecular formula is C16H20BrClN4O2. The van der Waals surface area contributed by atoms with Crippen LogP contribution in [0, 0.1) is 0 Å². The molecule has 0 atom stereocenters. The molecule has 3 heterocycles. The number of nitrogens with zero attached hydrogens (tertiary/aromatic N) is 4. The highest BCUT2D eigenvalue weighted by Crippen LogP contribution is 2.33. The van der Waals surface area contributed by atoms with Crippen molar-refractivity contribution in [3.8, 4) is 0 Å². The molecule has 0 unspecified atom stereocenters. The first-order chi connectivity index (χ1) is 11.3. The second kappa shape index (κ2) is 6.52. The van der Waals surface area contributed by atoms with Crippen LogP contribution in [0.3, 0.4) is 0 Å². The van der Waals surface area contributed by atoms with Crippen molar-refractivity contribution in [2.75, 3.05) is 13.1 Å². The third-order valence-corrected chi connectivity index (χ3v) is 4.84. The minimum atomic E-state index is -0.471. The molecule has 0 saturated carbocycles. The van der Waals surface area contributed by atoms with Crippen LogP contribution < -0.4 is 0 Å². The van der Waals surface area contributed by atoms with Gasteiger partial charge < -0.3 is 9.64 Å². The lowest BCUT2D eigenvalue weighted by Crippen LogP contribution is -2.42. The standard InChI is InChI=1S/C16H20BrClN4O2/c1-16(2,3)24-15(23)21-8-5-10(6-9-21)22-11-4-7-19-14(18)12(11)13(17)20-22/h4,7,10H,5-6,8-9H2,1-3H3. The number of hydrogen-bond donors (Lipinski definition) is 0. The minimum Gasteiger partial charge on any atom is -0.444 e. The van der Waals surface area contributed by atoms with Crippen LogP contribution in [0.25, 0.3) is 10.9 Å². The van der Waals surface area contributed by atoms with Gasteiger partial charge in [-0.2, -0.15) is 5.10 Å². The summed E-state index contributed by atoms with van der Waals surface area (Å²) in [5.74, 6) is 0. The van der Waals surface area contributed by atoms with E-state index in [9.17, 15) is 4.79 Å². The summed E-state index contributed by atoms with van der Waals surface area (Å²) in [7, 11) is 0. The fourth-order valence-electron chi connectivity index (χ4n) is 2.90. The molecule has 1 aliphatic rings. The van der Waals surface area contributed by atoms with Crippen LogP contribution in [0.2, 0.25) is 5.15 Å². The highest BCUT2D eigenvalue weighted by molar-refractivity contribution is 9.10. The van der Waals surface area contributed by atoms with Gasteiger partial charge in [-0.15, -0.1) is 0 Å². The molecule has 0 spiro atoms. The van der Waals surface area contributed by atoms with Crippen LogP contribution in [-0.2, 0) is 4.74 Å². The normalized spacial score (nSPS) is 16.6. The van der Waals surface area contributed by atoms with E-state index in [1.165, 1.54) is 0 Å². The van der Waals surface area contributed by atoms with Gasteiger partial charge in [0.15, 0.2) is 0 Å². The van der Waals surface area contributed by atoms with Crippen molar-refractivity contribution >= 4 is 44.5 Å². The van der Waals surface area contributed by atoms with Crippen molar-refractivity contribution in [3.05, 3.63) is 22.0 Å². The summed E-state index contributed by atoms with van der Waals surface area (Å²) in [6, 6.07) is 2.13. The van der Waals surface area contributed by atoms with Crippen molar-refractivity contribution in [3.63, 3.8) is 0 Å². The van der Waals surface area contributed by atoms with Gasteiger partial charge in [0.2, 0.25) is 0 Å². The average Bonchev–Trinajstić information content (AvgIpc) is 2.84. The summed E-state index contributed by atoms with van der Waals surface area (Å²) in [6.07, 6.45) is 3.08. The number of halogens is 2. The van der Waals surface area contributed by atoms with Crippen molar-refractivity contribution in [1.29, 1.82) is 0 Å². The van der Waals surface area contributed by atoms with Crippen molar-refractivity contribution in [2.45, 2.75) is 45.3 Å². The summed E-state index contributed by atoms with van der Waals surface area (Å²) >= 11 is 9.64. The third kappa shape index (κ3) is 3.52. The molecule has 24 heavy (non-hydrogen) atoms. The lowest BCUT2D eigenvalue weighted by Gasteiger charge is -2.33. The molecule has 0 radical (unpaired) electrons. The molecule has 0 bridgehead atoms. The molecule has 6 nitrogen and oxygen atoms in total. The van der Waals surface area contributed by atoms with E-state index in [1.807, 2.05) is 31.5 Å². The van der Waals surface area contributed by atoms with Gasteiger partial charge in [-0.3, -0.25) is 4.68 Å². The number of ether oxygens (including phenoxy) is 1. The van der Waals surface area contributed by atoms with Gasteiger partial charge in [0.05, 0.1) is 16.9 Å². The van der Waals surface area contributed by atoms with Gasteiger partial charge in [0, 0.05) is 19.3 Å². The predicted molar refractivity (Wildman–Crippen MR) is 96.3 cm³/mol. The lowest BCUT2D eigenvalue weighted by atomic mass is 10.1. The maximum atomic E-state index is 12.2. The molecule has 8 heteroatoms.